The van der Waals surface area contributed by atoms with Crippen LogP contribution in [0, 0.1) is 0 Å². The first-order chi connectivity index (χ1) is 11.7. The number of benzene rings is 1. The first kappa shape index (κ1) is 16.6. The summed E-state index contributed by atoms with van der Waals surface area (Å²) < 4.78 is 1.48. The molecule has 1 aliphatic heterocycles. The summed E-state index contributed by atoms with van der Waals surface area (Å²) in [5.41, 5.74) is 1.35. The highest BCUT2D eigenvalue weighted by Gasteiger charge is 2.26. The number of likely N-dealkylation sites (tertiary alicyclic amines) is 1. The molecule has 0 N–H and O–H groups in total. The van der Waals surface area contributed by atoms with Gasteiger partial charge in [0.2, 0.25) is 5.91 Å². The molecule has 0 bridgehead atoms. The molecule has 0 aliphatic carbocycles. The molecule has 2 heterocycles. The smallest absolute Gasteiger partial charge is 0.244 e. The van der Waals surface area contributed by atoms with Crippen LogP contribution in [0.3, 0.4) is 0 Å². The molecule has 1 amide bonds. The van der Waals surface area contributed by atoms with Crippen molar-refractivity contribution in [2.24, 2.45) is 0 Å². The fourth-order valence-corrected chi connectivity index (χ4v) is 3.17. The van der Waals surface area contributed by atoms with Crippen molar-refractivity contribution in [3.63, 3.8) is 0 Å². The van der Waals surface area contributed by atoms with Gasteiger partial charge >= 0.3 is 0 Å². The van der Waals surface area contributed by atoms with E-state index in [0.29, 0.717) is 6.04 Å². The largest absolute Gasteiger partial charge is 0.340 e. The molecule has 7 nitrogen and oxygen atoms in total. The van der Waals surface area contributed by atoms with Gasteiger partial charge in [-0.3, -0.25) is 4.79 Å². The van der Waals surface area contributed by atoms with Crippen LogP contribution >= 0.6 is 0 Å². The molecule has 3 rings (SSSR count). The molecule has 1 fully saturated rings. The molecule has 0 radical (unpaired) electrons. The van der Waals surface area contributed by atoms with Gasteiger partial charge in [-0.2, -0.15) is 0 Å². The van der Waals surface area contributed by atoms with E-state index in [1.54, 1.807) is 0 Å². The van der Waals surface area contributed by atoms with E-state index >= 15 is 0 Å². The predicted molar refractivity (Wildman–Crippen MR) is 90.2 cm³/mol. The van der Waals surface area contributed by atoms with E-state index in [2.05, 4.69) is 51.7 Å². The Morgan fingerprint density at radius 2 is 2.17 bits per heavy atom. The van der Waals surface area contributed by atoms with E-state index in [1.807, 2.05) is 11.0 Å². The fraction of sp³-hybridized carbons (Fsp3) is 0.529. The maximum atomic E-state index is 12.4. The summed E-state index contributed by atoms with van der Waals surface area (Å²) in [5.74, 6) is 0.0865. The van der Waals surface area contributed by atoms with Crippen molar-refractivity contribution in [2.45, 2.75) is 31.8 Å². The number of hydrogen-bond donors (Lipinski definition) is 0. The molecule has 1 aliphatic rings. The lowest BCUT2D eigenvalue weighted by atomic mass is 10.0. The minimum atomic E-state index is 0.0865. The third-order valence-electron chi connectivity index (χ3n) is 4.66. The second kappa shape index (κ2) is 8.01. The highest BCUT2D eigenvalue weighted by Crippen LogP contribution is 2.16. The van der Waals surface area contributed by atoms with Crippen molar-refractivity contribution >= 4 is 5.91 Å². The number of likely N-dealkylation sites (N-methyl/N-ethyl adjacent to an activating group) is 1. The third kappa shape index (κ3) is 4.38. The Morgan fingerprint density at radius 1 is 1.33 bits per heavy atom. The van der Waals surface area contributed by atoms with Crippen LogP contribution in [0.15, 0.2) is 36.7 Å². The van der Waals surface area contributed by atoms with Crippen LogP contribution in [0.1, 0.15) is 18.4 Å². The average molecular weight is 328 g/mol. The number of amides is 1. The molecular weight excluding hydrogens is 304 g/mol. The second-order valence-electron chi connectivity index (χ2n) is 6.36. The summed E-state index contributed by atoms with van der Waals surface area (Å²) in [6.45, 7) is 2.83. The van der Waals surface area contributed by atoms with Crippen molar-refractivity contribution in [1.82, 2.24) is 30.0 Å². The Kier molecular flexibility index (Phi) is 5.53. The first-order valence-corrected chi connectivity index (χ1v) is 8.45. The minimum absolute atomic E-state index is 0.0865. The van der Waals surface area contributed by atoms with Crippen LogP contribution < -0.4 is 0 Å². The molecule has 0 spiro atoms. The van der Waals surface area contributed by atoms with E-state index < -0.39 is 0 Å². The van der Waals surface area contributed by atoms with Gasteiger partial charge in [0.15, 0.2) is 0 Å². The van der Waals surface area contributed by atoms with E-state index in [9.17, 15) is 4.79 Å². The molecule has 1 unspecified atom stereocenters. The first-order valence-electron chi connectivity index (χ1n) is 8.45. The Balaban J connectivity index is 1.50. The zero-order chi connectivity index (χ0) is 16.8. The van der Waals surface area contributed by atoms with Crippen molar-refractivity contribution in [2.75, 3.05) is 26.7 Å². The number of tetrazole rings is 1. The van der Waals surface area contributed by atoms with Crippen molar-refractivity contribution < 1.29 is 4.79 Å². The molecule has 1 aromatic carbocycles. The number of rotatable bonds is 6. The number of carbonyl (C=O) groups excluding carboxylic acids is 1. The van der Waals surface area contributed by atoms with Gasteiger partial charge in [-0.05, 0) is 42.3 Å². The quantitative estimate of drug-likeness (QED) is 0.786. The summed E-state index contributed by atoms with van der Waals surface area (Å²) in [7, 11) is 2.16. The summed E-state index contributed by atoms with van der Waals surface area (Å²) in [6.07, 6.45) is 4.69. The summed E-state index contributed by atoms with van der Waals surface area (Å²) in [5, 5.41) is 10.9. The Bertz CT molecular complexity index is 630. The highest BCUT2D eigenvalue weighted by molar-refractivity contribution is 5.76. The Morgan fingerprint density at radius 3 is 2.92 bits per heavy atom. The molecule has 1 aromatic heterocycles. The second-order valence-corrected chi connectivity index (χ2v) is 6.36. The number of nitrogens with zero attached hydrogens (tertiary/aromatic N) is 6. The van der Waals surface area contributed by atoms with E-state index in [4.69, 9.17) is 0 Å². The van der Waals surface area contributed by atoms with Crippen LogP contribution in [-0.2, 0) is 17.8 Å². The lowest BCUT2D eigenvalue weighted by Crippen LogP contribution is -2.49. The summed E-state index contributed by atoms with van der Waals surface area (Å²) >= 11 is 0. The van der Waals surface area contributed by atoms with Gasteiger partial charge in [0.05, 0.1) is 0 Å². The normalized spacial score (nSPS) is 18.1. The summed E-state index contributed by atoms with van der Waals surface area (Å²) in [4.78, 5) is 16.7. The zero-order valence-electron chi connectivity index (χ0n) is 14.1. The van der Waals surface area contributed by atoms with Gasteiger partial charge in [-0.25, -0.2) is 4.68 Å². The molecule has 128 valence electrons. The van der Waals surface area contributed by atoms with Crippen LogP contribution in [0.4, 0.5) is 0 Å². The maximum Gasteiger partial charge on any atom is 0.244 e. The third-order valence-corrected chi connectivity index (χ3v) is 4.66. The van der Waals surface area contributed by atoms with Gasteiger partial charge in [0.1, 0.15) is 12.9 Å². The Hall–Kier alpha value is -2.28. The SMILES string of the molecule is CN(CCc1ccccc1)C1CCCN(C(=O)Cn2cnnn2)C1. The van der Waals surface area contributed by atoms with Gasteiger partial charge in [0, 0.05) is 25.7 Å². The van der Waals surface area contributed by atoms with Gasteiger partial charge in [-0.15, -0.1) is 5.10 Å². The molecule has 1 saturated heterocycles. The van der Waals surface area contributed by atoms with E-state index in [1.165, 1.54) is 16.6 Å². The Labute approximate surface area is 142 Å². The standard InChI is InChI=1S/C17H24N6O/c1-21(11-9-15-6-3-2-4-7-15)16-8-5-10-22(12-16)17(24)13-23-14-18-19-20-23/h2-4,6-7,14,16H,5,8-13H2,1H3. The lowest BCUT2D eigenvalue weighted by Gasteiger charge is -2.37. The number of piperidine rings is 1. The average Bonchev–Trinajstić information content (AvgIpc) is 3.13. The highest BCUT2D eigenvalue weighted by atomic mass is 16.2. The molecule has 7 heteroatoms. The maximum absolute atomic E-state index is 12.4. The monoisotopic (exact) mass is 328 g/mol. The van der Waals surface area contributed by atoms with Crippen LogP contribution in [0.2, 0.25) is 0 Å². The minimum Gasteiger partial charge on any atom is -0.340 e. The molecule has 2 aromatic rings. The molecule has 24 heavy (non-hydrogen) atoms. The molecule has 1 atom stereocenters. The number of aromatic nitrogens is 4. The van der Waals surface area contributed by atoms with Crippen molar-refractivity contribution in [3.8, 4) is 0 Å². The number of hydrogen-bond acceptors (Lipinski definition) is 5. The predicted octanol–water partition coefficient (Wildman–Crippen LogP) is 0.839. The van der Waals surface area contributed by atoms with E-state index in [0.717, 1.165) is 38.9 Å². The van der Waals surface area contributed by atoms with Gasteiger partial charge in [-0.1, -0.05) is 30.3 Å². The van der Waals surface area contributed by atoms with Crippen molar-refractivity contribution in [1.29, 1.82) is 0 Å². The van der Waals surface area contributed by atoms with Crippen LogP contribution in [0.25, 0.3) is 0 Å². The van der Waals surface area contributed by atoms with Crippen LogP contribution in [-0.4, -0.2) is 68.6 Å². The van der Waals surface area contributed by atoms with E-state index in [-0.39, 0.29) is 12.5 Å². The molecule has 0 saturated carbocycles. The van der Waals surface area contributed by atoms with Gasteiger partial charge < -0.3 is 9.80 Å². The number of carbonyl (C=O) groups is 1. The molecular formula is C17H24N6O. The zero-order valence-corrected chi connectivity index (χ0v) is 14.1. The lowest BCUT2D eigenvalue weighted by molar-refractivity contribution is -0.134. The summed E-state index contributed by atoms with van der Waals surface area (Å²) in [6, 6.07) is 10.9. The van der Waals surface area contributed by atoms with Crippen molar-refractivity contribution in [3.05, 3.63) is 42.2 Å². The topological polar surface area (TPSA) is 67.2 Å². The van der Waals surface area contributed by atoms with Gasteiger partial charge in [0.25, 0.3) is 0 Å². The van der Waals surface area contributed by atoms with Crippen LogP contribution in [0.5, 0.6) is 0 Å². The fourth-order valence-electron chi connectivity index (χ4n) is 3.17.